The van der Waals surface area contributed by atoms with Gasteiger partial charge in [0.2, 0.25) is 12.7 Å². The molecule has 1 saturated heterocycles. The van der Waals surface area contributed by atoms with Crippen LogP contribution < -0.4 is 9.47 Å². The molecule has 3 heterocycles. The number of ether oxygens (including phenoxy) is 2. The summed E-state index contributed by atoms with van der Waals surface area (Å²) >= 11 is 0. The Morgan fingerprint density at radius 2 is 2.05 bits per heavy atom. The van der Waals surface area contributed by atoms with Crippen LogP contribution in [-0.2, 0) is 11.2 Å². The maximum absolute atomic E-state index is 12.1. The van der Waals surface area contributed by atoms with Crippen molar-refractivity contribution >= 4 is 17.1 Å². The molecule has 4 aliphatic rings. The van der Waals surface area contributed by atoms with Crippen molar-refractivity contribution in [2.45, 2.75) is 26.2 Å². The van der Waals surface area contributed by atoms with Gasteiger partial charge in [-0.05, 0) is 48.6 Å². The van der Waals surface area contributed by atoms with Gasteiger partial charge < -0.3 is 14.4 Å². The first-order valence-corrected chi connectivity index (χ1v) is 7.42. The quantitative estimate of drug-likeness (QED) is 0.734. The number of hydrogen-bond acceptors (Lipinski definition) is 3. The van der Waals surface area contributed by atoms with E-state index in [0.29, 0.717) is 13.2 Å². The number of carbonyl (C=O) groups is 1. The molecule has 0 unspecified atom stereocenters. The SMILES string of the molecule is CC1=CC2=C3CCC(=O)N3CCc3cc4c(c1c32)OCO4. The van der Waals surface area contributed by atoms with E-state index in [-0.39, 0.29) is 5.91 Å². The Balaban J connectivity index is 1.85. The average Bonchev–Trinajstić information content (AvgIpc) is 3.11. The van der Waals surface area contributed by atoms with E-state index in [1.165, 1.54) is 33.5 Å². The van der Waals surface area contributed by atoms with Gasteiger partial charge in [-0.25, -0.2) is 0 Å². The summed E-state index contributed by atoms with van der Waals surface area (Å²) in [4.78, 5) is 14.1. The summed E-state index contributed by atoms with van der Waals surface area (Å²) in [7, 11) is 0. The summed E-state index contributed by atoms with van der Waals surface area (Å²) in [6.07, 6.45) is 4.58. The van der Waals surface area contributed by atoms with Gasteiger partial charge in [-0.1, -0.05) is 0 Å². The molecule has 21 heavy (non-hydrogen) atoms. The smallest absolute Gasteiger partial charge is 0.231 e. The number of allylic oxidation sites excluding steroid dienone is 4. The fourth-order valence-corrected chi connectivity index (χ4v) is 3.98. The first kappa shape index (κ1) is 11.4. The van der Waals surface area contributed by atoms with Gasteiger partial charge in [0.15, 0.2) is 11.5 Å². The molecule has 106 valence electrons. The number of hydrogen-bond donors (Lipinski definition) is 0. The maximum Gasteiger partial charge on any atom is 0.231 e. The van der Waals surface area contributed by atoms with Crippen molar-refractivity contribution in [3.63, 3.8) is 0 Å². The standard InChI is InChI=1S/C17H15NO3/c1-9-6-11-12-2-3-14(19)18(12)5-4-10-7-13-17(21-8-20-13)15(9)16(10)11/h6-7H,2-5,8H2,1H3. The van der Waals surface area contributed by atoms with Gasteiger partial charge in [0.05, 0.1) is 0 Å². The van der Waals surface area contributed by atoms with E-state index in [4.69, 9.17) is 9.47 Å². The molecule has 4 heteroatoms. The van der Waals surface area contributed by atoms with Crippen LogP contribution >= 0.6 is 0 Å². The highest BCUT2D eigenvalue weighted by molar-refractivity contribution is 6.02. The monoisotopic (exact) mass is 281 g/mol. The highest BCUT2D eigenvalue weighted by Crippen LogP contribution is 2.52. The molecule has 1 fully saturated rings. The van der Waals surface area contributed by atoms with Crippen LogP contribution in [0.3, 0.4) is 0 Å². The predicted molar refractivity (Wildman–Crippen MR) is 77.8 cm³/mol. The highest BCUT2D eigenvalue weighted by atomic mass is 16.7. The van der Waals surface area contributed by atoms with Crippen LogP contribution in [0.25, 0.3) is 11.1 Å². The molecule has 0 saturated carbocycles. The van der Waals surface area contributed by atoms with E-state index in [2.05, 4.69) is 19.1 Å². The maximum atomic E-state index is 12.1. The zero-order valence-electron chi connectivity index (χ0n) is 11.9. The van der Waals surface area contributed by atoms with Crippen molar-refractivity contribution in [2.75, 3.05) is 13.3 Å². The van der Waals surface area contributed by atoms with Crippen LogP contribution in [0, 0.1) is 0 Å². The first-order valence-electron chi connectivity index (χ1n) is 7.42. The van der Waals surface area contributed by atoms with Crippen molar-refractivity contribution < 1.29 is 14.3 Å². The molecule has 5 rings (SSSR count). The molecule has 0 bridgehead atoms. The third-order valence-corrected chi connectivity index (χ3v) is 4.89. The number of rotatable bonds is 0. The highest BCUT2D eigenvalue weighted by Gasteiger charge is 2.37. The van der Waals surface area contributed by atoms with Crippen LogP contribution in [-0.4, -0.2) is 24.1 Å². The molecule has 0 N–H and O–H groups in total. The Labute approximate surface area is 122 Å². The van der Waals surface area contributed by atoms with Gasteiger partial charge in [0.1, 0.15) is 0 Å². The zero-order valence-corrected chi connectivity index (χ0v) is 11.9. The third kappa shape index (κ3) is 1.32. The number of amides is 1. The molecular weight excluding hydrogens is 266 g/mol. The minimum absolute atomic E-state index is 0.254. The molecule has 4 nitrogen and oxygen atoms in total. The second kappa shape index (κ2) is 3.70. The molecule has 1 aromatic carbocycles. The Bertz CT molecular complexity index is 773. The Hall–Kier alpha value is -2.23. The lowest BCUT2D eigenvalue weighted by molar-refractivity contribution is -0.126. The normalized spacial score (nSPS) is 21.5. The van der Waals surface area contributed by atoms with E-state index >= 15 is 0 Å². The average molecular weight is 281 g/mol. The minimum Gasteiger partial charge on any atom is -0.454 e. The van der Waals surface area contributed by atoms with Crippen LogP contribution in [0.15, 0.2) is 17.8 Å². The second-order valence-corrected chi connectivity index (χ2v) is 6.00. The van der Waals surface area contributed by atoms with E-state index in [0.717, 1.165) is 30.9 Å². The molecule has 3 aliphatic heterocycles. The Morgan fingerprint density at radius 3 is 2.95 bits per heavy atom. The topological polar surface area (TPSA) is 38.8 Å². The molecule has 0 radical (unpaired) electrons. The Kier molecular flexibility index (Phi) is 2.01. The predicted octanol–water partition coefficient (Wildman–Crippen LogP) is 2.72. The molecule has 0 atom stereocenters. The van der Waals surface area contributed by atoms with Crippen molar-refractivity contribution in [1.82, 2.24) is 4.90 Å². The summed E-state index contributed by atoms with van der Waals surface area (Å²) in [6.45, 7) is 3.19. The second-order valence-electron chi connectivity index (χ2n) is 6.00. The zero-order chi connectivity index (χ0) is 14.1. The summed E-state index contributed by atoms with van der Waals surface area (Å²) in [6, 6.07) is 2.10. The lowest BCUT2D eigenvalue weighted by Gasteiger charge is -2.16. The van der Waals surface area contributed by atoms with Gasteiger partial charge in [-0.15, -0.1) is 0 Å². The minimum atomic E-state index is 0.254. The fraction of sp³-hybridized carbons (Fsp3) is 0.353. The molecule has 0 spiro atoms. The molecule has 0 aromatic heterocycles. The number of nitrogens with zero attached hydrogens (tertiary/aromatic N) is 1. The Morgan fingerprint density at radius 1 is 1.14 bits per heavy atom. The summed E-state index contributed by atoms with van der Waals surface area (Å²) in [5.74, 6) is 1.97. The molecule has 1 amide bonds. The summed E-state index contributed by atoms with van der Waals surface area (Å²) < 4.78 is 11.3. The third-order valence-electron chi connectivity index (χ3n) is 4.89. The van der Waals surface area contributed by atoms with Gasteiger partial charge in [-0.3, -0.25) is 4.79 Å². The number of benzene rings is 1. The fourth-order valence-electron chi connectivity index (χ4n) is 3.98. The van der Waals surface area contributed by atoms with Crippen molar-refractivity contribution in [3.05, 3.63) is 34.5 Å². The van der Waals surface area contributed by atoms with Gasteiger partial charge >= 0.3 is 0 Å². The first-order chi connectivity index (χ1) is 10.2. The molecule has 1 aromatic rings. The van der Waals surface area contributed by atoms with Crippen LogP contribution in [0.2, 0.25) is 0 Å². The van der Waals surface area contributed by atoms with Crippen LogP contribution in [0.5, 0.6) is 11.5 Å². The van der Waals surface area contributed by atoms with Crippen LogP contribution in [0.1, 0.15) is 36.5 Å². The van der Waals surface area contributed by atoms with E-state index < -0.39 is 0 Å². The van der Waals surface area contributed by atoms with Crippen molar-refractivity contribution in [1.29, 1.82) is 0 Å². The van der Waals surface area contributed by atoms with E-state index in [1.54, 1.807) is 0 Å². The van der Waals surface area contributed by atoms with Gasteiger partial charge in [0, 0.05) is 29.8 Å². The summed E-state index contributed by atoms with van der Waals surface area (Å²) in [5.41, 5.74) is 7.33. The largest absolute Gasteiger partial charge is 0.454 e. The summed E-state index contributed by atoms with van der Waals surface area (Å²) in [5, 5.41) is 0. The molecule has 1 aliphatic carbocycles. The van der Waals surface area contributed by atoms with Gasteiger partial charge in [-0.2, -0.15) is 0 Å². The number of carbonyl (C=O) groups excluding carboxylic acids is 1. The van der Waals surface area contributed by atoms with Gasteiger partial charge in [0.25, 0.3) is 0 Å². The van der Waals surface area contributed by atoms with E-state index in [1.807, 2.05) is 4.90 Å². The van der Waals surface area contributed by atoms with E-state index in [9.17, 15) is 4.79 Å². The van der Waals surface area contributed by atoms with Crippen molar-refractivity contribution in [3.8, 4) is 11.5 Å². The lowest BCUT2D eigenvalue weighted by Crippen LogP contribution is -2.25. The molecular formula is C17H15NO3. The number of fused-ring (bicyclic) bond motifs is 3. The van der Waals surface area contributed by atoms with Crippen LogP contribution in [0.4, 0.5) is 0 Å². The van der Waals surface area contributed by atoms with Crippen molar-refractivity contribution in [2.24, 2.45) is 0 Å². The lowest BCUT2D eigenvalue weighted by atomic mass is 9.94.